The number of methoxy groups -OCH3 is 2. The highest BCUT2D eigenvalue weighted by atomic mass is 32.2. The van der Waals surface area contributed by atoms with Crippen LogP contribution in [-0.4, -0.2) is 72.1 Å². The number of fused-ring (bicyclic) bond motifs is 1. The lowest BCUT2D eigenvalue weighted by molar-refractivity contribution is 0.0963. The van der Waals surface area contributed by atoms with Gasteiger partial charge in [0, 0.05) is 44.8 Å². The van der Waals surface area contributed by atoms with Gasteiger partial charge in [0.25, 0.3) is 11.8 Å². The van der Waals surface area contributed by atoms with E-state index in [1.165, 1.54) is 54.1 Å². The molecule has 0 fully saturated rings. The molecule has 11 heteroatoms. The number of thiophene rings is 1. The molecule has 0 unspecified atom stereocenters. The Kier molecular flexibility index (Phi) is 8.60. The van der Waals surface area contributed by atoms with Crippen LogP contribution in [0.1, 0.15) is 37.6 Å². The van der Waals surface area contributed by atoms with Gasteiger partial charge in [-0.1, -0.05) is 0 Å². The van der Waals surface area contributed by atoms with Gasteiger partial charge in [0.05, 0.1) is 23.7 Å². The fourth-order valence-corrected chi connectivity index (χ4v) is 6.39. The summed E-state index contributed by atoms with van der Waals surface area (Å²) in [5.41, 5.74) is 1.82. The number of nitrogens with one attached hydrogen (secondary N) is 2. The molecular formula is C22H29N3O6S2. The number of anilines is 1. The van der Waals surface area contributed by atoms with Crippen LogP contribution in [0, 0.1) is 0 Å². The molecule has 0 atom stereocenters. The maximum absolute atomic E-state index is 13.0. The largest absolute Gasteiger partial charge is 0.383 e. The molecule has 1 heterocycles. The maximum atomic E-state index is 13.0. The zero-order valence-corrected chi connectivity index (χ0v) is 20.6. The summed E-state index contributed by atoms with van der Waals surface area (Å²) in [5, 5.41) is 5.99. The Hall–Kier alpha value is -2.31. The maximum Gasteiger partial charge on any atom is 0.256 e. The van der Waals surface area contributed by atoms with Crippen LogP contribution in [0.2, 0.25) is 0 Å². The second-order valence-electron chi connectivity index (χ2n) is 7.51. The van der Waals surface area contributed by atoms with Crippen molar-refractivity contribution in [2.45, 2.75) is 24.2 Å². The fourth-order valence-electron chi connectivity index (χ4n) is 3.70. The smallest absolute Gasteiger partial charge is 0.256 e. The SMILES string of the molecule is CNC(=O)c1c(NC(=O)c2ccc(S(=O)(=O)N(CCOC)CCOC)cc2)sc2c1CCC2. The number of ether oxygens (including phenoxy) is 2. The number of carbonyl (C=O) groups is 2. The van der Waals surface area contributed by atoms with Gasteiger partial charge < -0.3 is 20.1 Å². The first-order valence-corrected chi connectivity index (χ1v) is 12.8. The Labute approximate surface area is 198 Å². The van der Waals surface area contributed by atoms with Crippen molar-refractivity contribution in [1.29, 1.82) is 0 Å². The predicted octanol–water partition coefficient (Wildman–Crippen LogP) is 2.13. The third-order valence-corrected chi connectivity index (χ3v) is 8.57. The van der Waals surface area contributed by atoms with E-state index in [2.05, 4.69) is 10.6 Å². The topological polar surface area (TPSA) is 114 Å². The summed E-state index contributed by atoms with van der Waals surface area (Å²) >= 11 is 1.42. The first-order chi connectivity index (χ1) is 15.8. The Balaban J connectivity index is 1.79. The van der Waals surface area contributed by atoms with Crippen molar-refractivity contribution in [1.82, 2.24) is 9.62 Å². The van der Waals surface area contributed by atoms with E-state index < -0.39 is 15.9 Å². The number of hydrogen-bond donors (Lipinski definition) is 2. The predicted molar refractivity (Wildman–Crippen MR) is 127 cm³/mol. The highest BCUT2D eigenvalue weighted by molar-refractivity contribution is 7.89. The van der Waals surface area contributed by atoms with Crippen molar-refractivity contribution >= 4 is 38.2 Å². The number of sulfonamides is 1. The second kappa shape index (κ2) is 11.2. The summed E-state index contributed by atoms with van der Waals surface area (Å²) in [6, 6.07) is 5.75. The average molecular weight is 496 g/mol. The average Bonchev–Trinajstić information content (AvgIpc) is 3.39. The molecule has 9 nitrogen and oxygen atoms in total. The van der Waals surface area contributed by atoms with E-state index >= 15 is 0 Å². The van der Waals surface area contributed by atoms with Crippen molar-refractivity contribution in [3.63, 3.8) is 0 Å². The molecule has 0 radical (unpaired) electrons. The molecular weight excluding hydrogens is 466 g/mol. The van der Waals surface area contributed by atoms with Crippen LogP contribution in [-0.2, 0) is 32.3 Å². The van der Waals surface area contributed by atoms with Crippen LogP contribution in [0.5, 0.6) is 0 Å². The molecule has 1 aromatic carbocycles. The zero-order chi connectivity index (χ0) is 24.0. The number of benzene rings is 1. The molecule has 0 spiro atoms. The van der Waals surface area contributed by atoms with E-state index in [9.17, 15) is 18.0 Å². The summed E-state index contributed by atoms with van der Waals surface area (Å²) in [4.78, 5) is 26.4. The molecule has 1 aliphatic carbocycles. The molecule has 2 amide bonds. The molecule has 0 bridgehead atoms. The van der Waals surface area contributed by atoms with Crippen molar-refractivity contribution in [2.24, 2.45) is 0 Å². The van der Waals surface area contributed by atoms with Crippen LogP contribution in [0.15, 0.2) is 29.2 Å². The van der Waals surface area contributed by atoms with Crippen molar-refractivity contribution in [2.75, 3.05) is 52.9 Å². The summed E-state index contributed by atoms with van der Waals surface area (Å²) in [5.74, 6) is -0.627. The number of carbonyl (C=O) groups excluding carboxylic acids is 2. The van der Waals surface area contributed by atoms with E-state index in [-0.39, 0.29) is 37.1 Å². The highest BCUT2D eigenvalue weighted by Crippen LogP contribution is 2.39. The molecule has 1 aliphatic rings. The Bertz CT molecular complexity index is 1090. The van der Waals surface area contributed by atoms with Gasteiger partial charge in [0.2, 0.25) is 10.0 Å². The van der Waals surface area contributed by atoms with Gasteiger partial charge in [-0.3, -0.25) is 9.59 Å². The lowest BCUT2D eigenvalue weighted by Crippen LogP contribution is -2.36. The van der Waals surface area contributed by atoms with Gasteiger partial charge in [-0.15, -0.1) is 11.3 Å². The number of aryl methyl sites for hydroxylation is 1. The molecule has 1 aromatic heterocycles. The van der Waals surface area contributed by atoms with E-state index in [0.29, 0.717) is 16.1 Å². The first-order valence-electron chi connectivity index (χ1n) is 10.6. The van der Waals surface area contributed by atoms with Gasteiger partial charge in [-0.2, -0.15) is 4.31 Å². The third-order valence-electron chi connectivity index (χ3n) is 5.45. The molecule has 0 saturated heterocycles. The van der Waals surface area contributed by atoms with Crippen molar-refractivity contribution in [3.05, 3.63) is 45.8 Å². The molecule has 0 saturated carbocycles. The molecule has 180 valence electrons. The van der Waals surface area contributed by atoms with E-state index in [4.69, 9.17) is 9.47 Å². The Morgan fingerprint density at radius 2 is 1.67 bits per heavy atom. The minimum Gasteiger partial charge on any atom is -0.383 e. The van der Waals surface area contributed by atoms with Gasteiger partial charge in [0.1, 0.15) is 5.00 Å². The summed E-state index contributed by atoms with van der Waals surface area (Å²) in [6.07, 6.45) is 2.72. The van der Waals surface area contributed by atoms with Crippen LogP contribution in [0.3, 0.4) is 0 Å². The fraction of sp³-hybridized carbons (Fsp3) is 0.455. The van der Waals surface area contributed by atoms with E-state index in [1.807, 2.05) is 0 Å². The molecule has 0 aliphatic heterocycles. The first kappa shape index (κ1) is 25.3. The van der Waals surface area contributed by atoms with Crippen LogP contribution >= 0.6 is 11.3 Å². The van der Waals surface area contributed by atoms with E-state index in [1.54, 1.807) is 7.05 Å². The van der Waals surface area contributed by atoms with Crippen molar-refractivity contribution in [3.8, 4) is 0 Å². The van der Waals surface area contributed by atoms with Crippen molar-refractivity contribution < 1.29 is 27.5 Å². The zero-order valence-electron chi connectivity index (χ0n) is 19.0. The molecule has 3 rings (SSSR count). The Morgan fingerprint density at radius 3 is 2.24 bits per heavy atom. The van der Waals surface area contributed by atoms with Crippen LogP contribution < -0.4 is 10.6 Å². The minimum atomic E-state index is -3.78. The number of nitrogens with zero attached hydrogens (tertiary/aromatic N) is 1. The molecule has 33 heavy (non-hydrogen) atoms. The summed E-state index contributed by atoms with van der Waals surface area (Å²) in [6.45, 7) is 0.884. The van der Waals surface area contributed by atoms with E-state index in [0.717, 1.165) is 29.7 Å². The highest BCUT2D eigenvalue weighted by Gasteiger charge is 2.28. The van der Waals surface area contributed by atoms with Crippen LogP contribution in [0.25, 0.3) is 0 Å². The van der Waals surface area contributed by atoms with Gasteiger partial charge >= 0.3 is 0 Å². The Morgan fingerprint density at radius 1 is 1.03 bits per heavy atom. The lowest BCUT2D eigenvalue weighted by Gasteiger charge is -2.21. The lowest BCUT2D eigenvalue weighted by atomic mass is 10.1. The molecule has 2 N–H and O–H groups in total. The van der Waals surface area contributed by atoms with Gasteiger partial charge in [-0.25, -0.2) is 8.42 Å². The monoisotopic (exact) mass is 495 g/mol. The number of amides is 2. The quantitative estimate of drug-likeness (QED) is 0.494. The molecule has 2 aromatic rings. The number of hydrogen-bond acceptors (Lipinski definition) is 7. The van der Waals surface area contributed by atoms with Crippen LogP contribution in [0.4, 0.5) is 5.00 Å². The standard InChI is InChI=1S/C22H29N3O6S2/c1-23-21(27)19-17-5-4-6-18(17)32-22(19)24-20(26)15-7-9-16(10-8-15)33(28,29)25(11-13-30-2)12-14-31-3/h7-10H,4-6,11-14H2,1-3H3,(H,23,27)(H,24,26). The summed E-state index contributed by atoms with van der Waals surface area (Å²) < 4.78 is 37.4. The minimum absolute atomic E-state index is 0.0763. The third kappa shape index (κ3) is 5.61. The normalized spacial score (nSPS) is 13.2. The van der Waals surface area contributed by atoms with Gasteiger partial charge in [0.15, 0.2) is 0 Å². The number of rotatable bonds is 11. The van der Waals surface area contributed by atoms with Gasteiger partial charge in [-0.05, 0) is 49.1 Å². The second-order valence-corrected chi connectivity index (χ2v) is 10.6. The summed E-state index contributed by atoms with van der Waals surface area (Å²) in [7, 11) is 0.801.